The van der Waals surface area contributed by atoms with Gasteiger partial charge in [0, 0.05) is 23.1 Å². The molecule has 28 heavy (non-hydrogen) atoms. The van der Waals surface area contributed by atoms with Crippen molar-refractivity contribution in [3.63, 3.8) is 0 Å². The number of halogens is 1. The molecule has 0 spiro atoms. The third-order valence-electron chi connectivity index (χ3n) is 5.06. The molecule has 1 saturated carbocycles. The molecule has 0 aromatic carbocycles. The molecule has 8 nitrogen and oxygen atoms in total. The Labute approximate surface area is 168 Å². The summed E-state index contributed by atoms with van der Waals surface area (Å²) in [5.41, 5.74) is 8.76. The van der Waals surface area contributed by atoms with Crippen LogP contribution in [0.3, 0.4) is 0 Å². The summed E-state index contributed by atoms with van der Waals surface area (Å²) in [7, 11) is -2.98. The van der Waals surface area contributed by atoms with Crippen molar-refractivity contribution in [2.45, 2.75) is 45.3 Å². The molecule has 1 aliphatic carbocycles. The number of azide groups is 1. The van der Waals surface area contributed by atoms with E-state index in [2.05, 4.69) is 20.0 Å². The van der Waals surface area contributed by atoms with E-state index in [0.29, 0.717) is 29.3 Å². The molecule has 0 bridgehead atoms. The zero-order chi connectivity index (χ0) is 20.5. The van der Waals surface area contributed by atoms with Gasteiger partial charge in [-0.3, -0.25) is 0 Å². The van der Waals surface area contributed by atoms with Gasteiger partial charge in [0.1, 0.15) is 21.1 Å². The summed E-state index contributed by atoms with van der Waals surface area (Å²) >= 11 is 6.08. The van der Waals surface area contributed by atoms with E-state index < -0.39 is 15.4 Å². The Hall–Kier alpha value is -2.09. The van der Waals surface area contributed by atoms with E-state index in [0.717, 1.165) is 10.9 Å². The van der Waals surface area contributed by atoms with Gasteiger partial charge in [0.2, 0.25) is 5.88 Å². The Morgan fingerprint density at radius 3 is 2.68 bits per heavy atom. The Balaban J connectivity index is 1.85. The van der Waals surface area contributed by atoms with Crippen LogP contribution >= 0.6 is 11.6 Å². The minimum Gasteiger partial charge on any atom is -0.474 e. The van der Waals surface area contributed by atoms with Crippen molar-refractivity contribution in [3.8, 4) is 5.88 Å². The van der Waals surface area contributed by atoms with Crippen LogP contribution in [0, 0.1) is 5.92 Å². The van der Waals surface area contributed by atoms with Gasteiger partial charge < -0.3 is 4.74 Å². The fourth-order valence-corrected chi connectivity index (χ4v) is 4.76. The van der Waals surface area contributed by atoms with Crippen LogP contribution in [0.2, 0.25) is 5.15 Å². The standard InChI is InChI=1S/C18H22ClN5O3S/c1-4-28(25,26)10-11-5-12(6-11)27-17-14-8-21-16(19)7-13(14)15(9-22-17)18(2,3)23-24-20/h7-9,11-12H,4-6,10H2,1-3H3/t11-,12+. The molecule has 0 radical (unpaired) electrons. The highest BCUT2D eigenvalue weighted by Crippen LogP contribution is 2.38. The Kier molecular flexibility index (Phi) is 5.70. The highest BCUT2D eigenvalue weighted by molar-refractivity contribution is 7.91. The number of hydrogen-bond acceptors (Lipinski definition) is 6. The summed E-state index contributed by atoms with van der Waals surface area (Å²) in [5, 5.41) is 5.60. The van der Waals surface area contributed by atoms with Crippen molar-refractivity contribution in [2.75, 3.05) is 11.5 Å². The molecule has 1 fully saturated rings. The zero-order valence-electron chi connectivity index (χ0n) is 16.0. The highest BCUT2D eigenvalue weighted by atomic mass is 35.5. The van der Waals surface area contributed by atoms with Gasteiger partial charge >= 0.3 is 0 Å². The van der Waals surface area contributed by atoms with Gasteiger partial charge in [0.25, 0.3) is 0 Å². The number of fused-ring (bicyclic) bond motifs is 1. The van der Waals surface area contributed by atoms with E-state index in [-0.39, 0.29) is 23.5 Å². The fourth-order valence-electron chi connectivity index (χ4n) is 3.37. The number of hydrogen-bond donors (Lipinski definition) is 0. The maximum absolute atomic E-state index is 11.8. The van der Waals surface area contributed by atoms with E-state index in [1.54, 1.807) is 39.2 Å². The molecule has 0 amide bonds. The van der Waals surface area contributed by atoms with Crippen molar-refractivity contribution >= 4 is 32.2 Å². The predicted octanol–water partition coefficient (Wildman–Crippen LogP) is 4.42. The van der Waals surface area contributed by atoms with E-state index in [9.17, 15) is 8.42 Å². The highest BCUT2D eigenvalue weighted by Gasteiger charge is 2.34. The third kappa shape index (κ3) is 4.32. The second-order valence-corrected chi connectivity index (χ2v) is 10.3. The second-order valence-electron chi connectivity index (χ2n) is 7.55. The lowest BCUT2D eigenvalue weighted by Crippen LogP contribution is -2.38. The lowest BCUT2D eigenvalue weighted by molar-refractivity contribution is 0.0724. The van der Waals surface area contributed by atoms with Crippen LogP contribution < -0.4 is 4.74 Å². The Morgan fingerprint density at radius 1 is 1.32 bits per heavy atom. The summed E-state index contributed by atoms with van der Waals surface area (Å²) in [6, 6.07) is 1.70. The molecule has 150 valence electrons. The van der Waals surface area contributed by atoms with Crippen LogP contribution in [-0.4, -0.2) is 36.0 Å². The van der Waals surface area contributed by atoms with Gasteiger partial charge in [-0.15, -0.1) is 0 Å². The number of rotatable bonds is 7. The largest absolute Gasteiger partial charge is 0.474 e. The van der Waals surface area contributed by atoms with E-state index in [4.69, 9.17) is 21.9 Å². The van der Waals surface area contributed by atoms with E-state index in [1.807, 2.05) is 0 Å². The smallest absolute Gasteiger partial charge is 0.223 e. The lowest BCUT2D eigenvalue weighted by Gasteiger charge is -2.35. The predicted molar refractivity (Wildman–Crippen MR) is 108 cm³/mol. The maximum Gasteiger partial charge on any atom is 0.223 e. The Bertz CT molecular complexity index is 1040. The molecular weight excluding hydrogens is 402 g/mol. The second kappa shape index (κ2) is 7.73. The Morgan fingerprint density at radius 2 is 2.04 bits per heavy atom. The first kappa shape index (κ1) is 20.6. The molecule has 1 aliphatic rings. The SMILES string of the molecule is CCS(=O)(=O)C[C@H]1C[C@@H](Oc2ncc(C(C)(C)N=[N+]=[N-])c3cc(Cl)ncc23)C1. The van der Waals surface area contributed by atoms with Gasteiger partial charge in [-0.2, -0.15) is 0 Å². The van der Waals surface area contributed by atoms with Gasteiger partial charge in [-0.25, -0.2) is 18.4 Å². The number of pyridine rings is 2. The summed E-state index contributed by atoms with van der Waals surface area (Å²) in [6.45, 7) is 5.25. The normalized spacial score (nSPS) is 19.7. The van der Waals surface area contributed by atoms with Crippen LogP contribution in [-0.2, 0) is 15.4 Å². The number of sulfone groups is 1. The van der Waals surface area contributed by atoms with Crippen LogP contribution in [0.4, 0.5) is 0 Å². The molecule has 2 heterocycles. The third-order valence-corrected chi connectivity index (χ3v) is 7.12. The minimum absolute atomic E-state index is 0.0839. The first-order valence-electron chi connectivity index (χ1n) is 9.03. The van der Waals surface area contributed by atoms with Crippen molar-refractivity contribution in [3.05, 3.63) is 39.6 Å². The first-order valence-corrected chi connectivity index (χ1v) is 11.2. The van der Waals surface area contributed by atoms with Gasteiger partial charge in [-0.05, 0) is 41.3 Å². The molecular formula is C18H22ClN5O3S. The zero-order valence-corrected chi connectivity index (χ0v) is 17.5. The topological polar surface area (TPSA) is 118 Å². The molecule has 0 atom stereocenters. The molecule has 2 aromatic rings. The number of aromatic nitrogens is 2. The summed E-state index contributed by atoms with van der Waals surface area (Å²) in [6.07, 6.45) is 4.48. The summed E-state index contributed by atoms with van der Waals surface area (Å²) in [4.78, 5) is 11.5. The maximum atomic E-state index is 11.8. The van der Waals surface area contributed by atoms with E-state index >= 15 is 0 Å². The van der Waals surface area contributed by atoms with Crippen molar-refractivity contribution in [1.82, 2.24) is 9.97 Å². The lowest BCUT2D eigenvalue weighted by atomic mass is 9.84. The number of ether oxygens (including phenoxy) is 1. The van der Waals surface area contributed by atoms with Crippen molar-refractivity contribution < 1.29 is 13.2 Å². The molecule has 2 aromatic heterocycles. The summed E-state index contributed by atoms with van der Waals surface area (Å²) in [5.74, 6) is 0.905. The molecule has 10 heteroatoms. The van der Waals surface area contributed by atoms with Crippen LogP contribution in [0.25, 0.3) is 21.2 Å². The van der Waals surface area contributed by atoms with Gasteiger partial charge in [-0.1, -0.05) is 37.5 Å². The average molecular weight is 424 g/mol. The van der Waals surface area contributed by atoms with Crippen LogP contribution in [0.15, 0.2) is 23.6 Å². The average Bonchev–Trinajstić information content (AvgIpc) is 2.59. The van der Waals surface area contributed by atoms with E-state index in [1.165, 1.54) is 0 Å². The van der Waals surface area contributed by atoms with Gasteiger partial charge in [0.15, 0.2) is 0 Å². The van der Waals surface area contributed by atoms with Crippen molar-refractivity contribution in [1.29, 1.82) is 0 Å². The quantitative estimate of drug-likeness (QED) is 0.282. The monoisotopic (exact) mass is 423 g/mol. The van der Waals surface area contributed by atoms with Crippen LogP contribution in [0.1, 0.15) is 39.2 Å². The first-order chi connectivity index (χ1) is 13.1. The number of nitrogens with zero attached hydrogens (tertiary/aromatic N) is 5. The van der Waals surface area contributed by atoms with Gasteiger partial charge in [0.05, 0.1) is 16.7 Å². The minimum atomic E-state index is -2.98. The molecule has 0 unspecified atom stereocenters. The molecule has 0 saturated heterocycles. The van der Waals surface area contributed by atoms with Crippen LogP contribution in [0.5, 0.6) is 5.88 Å². The fraction of sp³-hybridized carbons (Fsp3) is 0.556. The molecule has 3 rings (SSSR count). The molecule has 0 aliphatic heterocycles. The van der Waals surface area contributed by atoms with Crippen molar-refractivity contribution in [2.24, 2.45) is 11.0 Å². The summed E-state index contributed by atoms with van der Waals surface area (Å²) < 4.78 is 29.5. The molecule has 0 N–H and O–H groups in total.